The molecule has 1 aromatic carbocycles. The maximum absolute atomic E-state index is 13.5. The number of hydrogen-bond acceptors (Lipinski definition) is 4. The van der Waals surface area contributed by atoms with Gasteiger partial charge in [-0.3, -0.25) is 4.90 Å². The van der Waals surface area contributed by atoms with Gasteiger partial charge in [-0.1, -0.05) is 17.3 Å². The molecule has 0 radical (unpaired) electrons. The van der Waals surface area contributed by atoms with Crippen LogP contribution < -0.4 is 0 Å². The number of halogens is 1. The number of fused-ring (bicyclic) bond motifs is 1. The van der Waals surface area contributed by atoms with Crippen LogP contribution in [0, 0.1) is 5.82 Å². The predicted molar refractivity (Wildman–Crippen MR) is 86.4 cm³/mol. The van der Waals surface area contributed by atoms with E-state index in [4.69, 9.17) is 4.52 Å². The molecule has 3 nitrogen and oxygen atoms in total. The molecule has 2 aliphatic rings. The molecule has 116 valence electrons. The van der Waals surface area contributed by atoms with E-state index in [1.54, 1.807) is 6.07 Å². The number of benzene rings is 1. The Bertz CT molecular complexity index is 666. The lowest BCUT2D eigenvalue weighted by molar-refractivity contribution is 0.160. The first-order chi connectivity index (χ1) is 10.8. The molecule has 1 fully saturated rings. The summed E-state index contributed by atoms with van der Waals surface area (Å²) in [6.45, 7) is 1.92. The molecule has 5 heteroatoms. The van der Waals surface area contributed by atoms with E-state index in [0.717, 1.165) is 42.1 Å². The largest absolute Gasteiger partial charge is 0.360 e. The third-order valence-corrected chi connectivity index (χ3v) is 5.71. The number of aromatic nitrogens is 1. The Morgan fingerprint density at radius 3 is 2.95 bits per heavy atom. The molecule has 1 saturated heterocycles. The zero-order valence-corrected chi connectivity index (χ0v) is 13.2. The van der Waals surface area contributed by atoms with Crippen LogP contribution in [0.4, 0.5) is 4.39 Å². The highest BCUT2D eigenvalue weighted by atomic mass is 32.2. The molecule has 0 amide bonds. The van der Waals surface area contributed by atoms with Crippen molar-refractivity contribution in [1.29, 1.82) is 0 Å². The van der Waals surface area contributed by atoms with Crippen LogP contribution in [0.15, 0.2) is 28.8 Å². The van der Waals surface area contributed by atoms with Crippen LogP contribution >= 0.6 is 11.8 Å². The molecular weight excluding hydrogens is 299 g/mol. The SMILES string of the molecule is Fc1cccc(-c2noc3c2CN(C2CCSCC2)CC3)c1. The molecule has 0 N–H and O–H groups in total. The van der Waals surface area contributed by atoms with Gasteiger partial charge in [-0.25, -0.2) is 4.39 Å². The molecule has 2 aliphatic heterocycles. The summed E-state index contributed by atoms with van der Waals surface area (Å²) < 4.78 is 19.0. The molecule has 22 heavy (non-hydrogen) atoms. The highest BCUT2D eigenvalue weighted by Gasteiger charge is 2.29. The summed E-state index contributed by atoms with van der Waals surface area (Å²) in [7, 11) is 0. The maximum atomic E-state index is 13.5. The molecule has 0 saturated carbocycles. The van der Waals surface area contributed by atoms with Crippen LogP contribution in [0.3, 0.4) is 0 Å². The molecule has 4 rings (SSSR count). The third-order valence-electron chi connectivity index (χ3n) is 4.66. The van der Waals surface area contributed by atoms with Crippen molar-refractivity contribution < 1.29 is 8.91 Å². The number of rotatable bonds is 2. The average Bonchev–Trinajstić information content (AvgIpc) is 2.99. The van der Waals surface area contributed by atoms with Crippen LogP contribution in [-0.4, -0.2) is 34.1 Å². The van der Waals surface area contributed by atoms with Gasteiger partial charge in [-0.15, -0.1) is 0 Å². The average molecular weight is 318 g/mol. The van der Waals surface area contributed by atoms with Crippen molar-refractivity contribution in [1.82, 2.24) is 10.1 Å². The number of nitrogens with zero attached hydrogens (tertiary/aromatic N) is 2. The Labute approximate surface area is 133 Å². The van der Waals surface area contributed by atoms with Gasteiger partial charge in [0.1, 0.15) is 17.3 Å². The van der Waals surface area contributed by atoms with E-state index in [2.05, 4.69) is 21.8 Å². The van der Waals surface area contributed by atoms with Crippen molar-refractivity contribution in [3.63, 3.8) is 0 Å². The van der Waals surface area contributed by atoms with Gasteiger partial charge in [0.15, 0.2) is 0 Å². The molecule has 0 unspecified atom stereocenters. The Morgan fingerprint density at radius 2 is 2.14 bits per heavy atom. The molecule has 3 heterocycles. The summed E-state index contributed by atoms with van der Waals surface area (Å²) in [6.07, 6.45) is 3.43. The fourth-order valence-corrected chi connectivity index (χ4v) is 4.54. The standard InChI is InChI=1S/C17H19FN2OS/c18-13-3-1-2-12(10-13)17-15-11-20(7-4-16(15)21-19-17)14-5-8-22-9-6-14/h1-3,10,14H,4-9,11H2. The lowest BCUT2D eigenvalue weighted by atomic mass is 9.99. The zero-order valence-electron chi connectivity index (χ0n) is 12.4. The molecule has 0 aliphatic carbocycles. The minimum atomic E-state index is -0.230. The quantitative estimate of drug-likeness (QED) is 0.844. The van der Waals surface area contributed by atoms with Crippen LogP contribution in [0.5, 0.6) is 0 Å². The highest BCUT2D eigenvalue weighted by Crippen LogP contribution is 2.33. The molecule has 2 aromatic rings. The summed E-state index contributed by atoms with van der Waals surface area (Å²) in [5.74, 6) is 3.26. The fourth-order valence-electron chi connectivity index (χ4n) is 3.45. The van der Waals surface area contributed by atoms with Crippen molar-refractivity contribution in [2.75, 3.05) is 18.1 Å². The summed E-state index contributed by atoms with van der Waals surface area (Å²) in [5.41, 5.74) is 2.77. The van der Waals surface area contributed by atoms with Crippen LogP contribution in [0.25, 0.3) is 11.3 Å². The first-order valence-corrected chi connectivity index (χ1v) is 9.02. The monoisotopic (exact) mass is 318 g/mol. The zero-order chi connectivity index (χ0) is 14.9. The summed E-state index contributed by atoms with van der Waals surface area (Å²) in [6, 6.07) is 7.29. The van der Waals surface area contributed by atoms with Gasteiger partial charge >= 0.3 is 0 Å². The van der Waals surface area contributed by atoms with E-state index in [1.165, 1.54) is 36.5 Å². The van der Waals surface area contributed by atoms with E-state index >= 15 is 0 Å². The Kier molecular flexibility index (Phi) is 3.92. The molecule has 0 bridgehead atoms. The molecular formula is C17H19FN2OS. The molecule has 0 spiro atoms. The van der Waals surface area contributed by atoms with Gasteiger partial charge in [0.2, 0.25) is 0 Å². The predicted octanol–water partition coefficient (Wildman–Crippen LogP) is 3.73. The van der Waals surface area contributed by atoms with Crippen LogP contribution in [0.1, 0.15) is 24.2 Å². The van der Waals surface area contributed by atoms with Crippen molar-refractivity contribution >= 4 is 11.8 Å². The normalized spacial score (nSPS) is 20.0. The first kappa shape index (κ1) is 14.3. The smallest absolute Gasteiger partial charge is 0.143 e. The van der Waals surface area contributed by atoms with Gasteiger partial charge in [0.05, 0.1) is 0 Å². The van der Waals surface area contributed by atoms with E-state index < -0.39 is 0 Å². The van der Waals surface area contributed by atoms with Gasteiger partial charge in [0.25, 0.3) is 0 Å². The van der Waals surface area contributed by atoms with Crippen molar-refractivity contribution in [3.8, 4) is 11.3 Å². The summed E-state index contributed by atoms with van der Waals surface area (Å²) in [4.78, 5) is 2.56. The molecule has 0 atom stereocenters. The van der Waals surface area contributed by atoms with Crippen molar-refractivity contribution in [2.45, 2.75) is 31.8 Å². The van der Waals surface area contributed by atoms with E-state index in [1.807, 2.05) is 6.07 Å². The summed E-state index contributed by atoms with van der Waals surface area (Å²) >= 11 is 2.05. The first-order valence-electron chi connectivity index (χ1n) is 7.86. The minimum absolute atomic E-state index is 0.230. The summed E-state index contributed by atoms with van der Waals surface area (Å²) in [5, 5.41) is 4.22. The van der Waals surface area contributed by atoms with Crippen molar-refractivity contribution in [3.05, 3.63) is 41.4 Å². The highest BCUT2D eigenvalue weighted by molar-refractivity contribution is 7.99. The topological polar surface area (TPSA) is 29.3 Å². The number of thioether (sulfide) groups is 1. The lowest BCUT2D eigenvalue weighted by Gasteiger charge is -2.36. The Morgan fingerprint density at radius 1 is 1.27 bits per heavy atom. The van der Waals surface area contributed by atoms with Gasteiger partial charge in [-0.05, 0) is 36.5 Å². The van der Waals surface area contributed by atoms with E-state index in [0.29, 0.717) is 6.04 Å². The minimum Gasteiger partial charge on any atom is -0.360 e. The Balaban J connectivity index is 1.62. The fraction of sp³-hybridized carbons (Fsp3) is 0.471. The van der Waals surface area contributed by atoms with E-state index in [-0.39, 0.29) is 5.82 Å². The maximum Gasteiger partial charge on any atom is 0.143 e. The van der Waals surface area contributed by atoms with E-state index in [9.17, 15) is 4.39 Å². The third kappa shape index (κ3) is 2.68. The van der Waals surface area contributed by atoms with Crippen molar-refractivity contribution in [2.24, 2.45) is 0 Å². The number of hydrogen-bond donors (Lipinski definition) is 0. The van der Waals surface area contributed by atoms with Crippen LogP contribution in [-0.2, 0) is 13.0 Å². The lowest BCUT2D eigenvalue weighted by Crippen LogP contribution is -2.41. The molecule has 1 aromatic heterocycles. The van der Waals surface area contributed by atoms with Crippen LogP contribution in [0.2, 0.25) is 0 Å². The van der Waals surface area contributed by atoms with Gasteiger partial charge in [-0.2, -0.15) is 11.8 Å². The second-order valence-electron chi connectivity index (χ2n) is 6.01. The second-order valence-corrected chi connectivity index (χ2v) is 7.23. The Hall–Kier alpha value is -1.33. The van der Waals surface area contributed by atoms with Gasteiger partial charge < -0.3 is 4.52 Å². The second kappa shape index (κ2) is 6.05. The van der Waals surface area contributed by atoms with Gasteiger partial charge in [0, 0.05) is 36.7 Å².